The van der Waals surface area contributed by atoms with E-state index in [0.29, 0.717) is 0 Å². The third-order valence-electron chi connectivity index (χ3n) is 3.46. The monoisotopic (exact) mass is 370 g/mol. The highest BCUT2D eigenvalue weighted by atomic mass is 79.9. The number of nitrogens with zero attached hydrogens (tertiary/aromatic N) is 2. The number of fused-ring (bicyclic) bond motifs is 1. The third kappa shape index (κ3) is 2.05. The van der Waals surface area contributed by atoms with Gasteiger partial charge in [-0.2, -0.15) is 0 Å². The Kier molecular flexibility index (Phi) is 3.52. The number of thiophene rings is 1. The minimum absolute atomic E-state index is 0.0272. The van der Waals surface area contributed by atoms with E-state index in [1.807, 2.05) is 29.6 Å². The Balaban J connectivity index is 2.17. The van der Waals surface area contributed by atoms with Crippen LogP contribution in [0.15, 0.2) is 38.9 Å². The molecule has 1 aromatic carbocycles. The molecule has 0 radical (unpaired) electrons. The molecule has 20 heavy (non-hydrogen) atoms. The molecule has 0 saturated heterocycles. The standard InChI is InChI=1S/C14H12BrClN2OS/c1-17-10-4-3-8(7-11(10)18(2)14(17)19)12(16)13-9(15)5-6-20-13/h3-7,12H,1-2H3. The normalized spacial score (nSPS) is 13.0. The number of alkyl halides is 1. The van der Waals surface area contributed by atoms with Crippen molar-refractivity contribution in [2.45, 2.75) is 5.38 Å². The Labute approximate surface area is 133 Å². The highest BCUT2D eigenvalue weighted by molar-refractivity contribution is 9.10. The Morgan fingerprint density at radius 1 is 1.20 bits per heavy atom. The van der Waals surface area contributed by atoms with Crippen LogP contribution in [0.3, 0.4) is 0 Å². The maximum atomic E-state index is 11.9. The van der Waals surface area contributed by atoms with E-state index in [4.69, 9.17) is 11.6 Å². The van der Waals surface area contributed by atoms with Crippen LogP contribution in [-0.2, 0) is 14.1 Å². The lowest BCUT2D eigenvalue weighted by Gasteiger charge is -2.09. The minimum atomic E-state index is -0.218. The van der Waals surface area contributed by atoms with E-state index in [9.17, 15) is 4.79 Å². The third-order valence-corrected chi connectivity index (χ3v) is 6.00. The van der Waals surface area contributed by atoms with Crippen LogP contribution in [0.4, 0.5) is 0 Å². The van der Waals surface area contributed by atoms with E-state index in [1.54, 1.807) is 34.6 Å². The van der Waals surface area contributed by atoms with Crippen LogP contribution < -0.4 is 5.69 Å². The quantitative estimate of drug-likeness (QED) is 0.625. The first-order chi connectivity index (χ1) is 9.50. The first-order valence-electron chi connectivity index (χ1n) is 6.03. The summed E-state index contributed by atoms with van der Waals surface area (Å²) in [5.74, 6) is 0. The van der Waals surface area contributed by atoms with Gasteiger partial charge in [0.25, 0.3) is 0 Å². The van der Waals surface area contributed by atoms with Crippen molar-refractivity contribution < 1.29 is 0 Å². The smallest absolute Gasteiger partial charge is 0.295 e. The van der Waals surface area contributed by atoms with E-state index in [-0.39, 0.29) is 11.1 Å². The zero-order chi connectivity index (χ0) is 14.4. The molecule has 2 aromatic heterocycles. The molecule has 0 aliphatic carbocycles. The molecule has 6 heteroatoms. The van der Waals surface area contributed by atoms with Crippen molar-refractivity contribution in [3.8, 4) is 0 Å². The van der Waals surface area contributed by atoms with Gasteiger partial charge in [-0.1, -0.05) is 6.07 Å². The number of halogens is 2. The molecule has 1 unspecified atom stereocenters. The molecule has 0 aliphatic heterocycles. The van der Waals surface area contributed by atoms with Gasteiger partial charge in [0.15, 0.2) is 0 Å². The van der Waals surface area contributed by atoms with Crippen LogP contribution in [0.2, 0.25) is 0 Å². The molecule has 0 bridgehead atoms. The second kappa shape index (κ2) is 5.06. The highest BCUT2D eigenvalue weighted by Gasteiger charge is 2.17. The molecule has 3 aromatic rings. The first kappa shape index (κ1) is 13.9. The van der Waals surface area contributed by atoms with E-state index < -0.39 is 0 Å². The summed E-state index contributed by atoms with van der Waals surface area (Å²) in [6.45, 7) is 0. The van der Waals surface area contributed by atoms with Crippen LogP contribution in [0.5, 0.6) is 0 Å². The van der Waals surface area contributed by atoms with Gasteiger partial charge in [-0.15, -0.1) is 22.9 Å². The predicted molar refractivity (Wildman–Crippen MR) is 87.9 cm³/mol. The lowest BCUT2D eigenvalue weighted by Crippen LogP contribution is -2.19. The van der Waals surface area contributed by atoms with Crippen LogP contribution in [0.1, 0.15) is 15.8 Å². The van der Waals surface area contributed by atoms with Crippen LogP contribution in [0.25, 0.3) is 11.0 Å². The molecule has 3 rings (SSSR count). The Morgan fingerprint density at radius 2 is 1.90 bits per heavy atom. The number of aromatic nitrogens is 2. The van der Waals surface area contributed by atoms with E-state index in [2.05, 4.69) is 15.9 Å². The molecular weight excluding hydrogens is 360 g/mol. The van der Waals surface area contributed by atoms with E-state index in [0.717, 1.165) is 25.9 Å². The lowest BCUT2D eigenvalue weighted by atomic mass is 10.1. The second-order valence-corrected chi connectivity index (χ2v) is 6.88. The summed E-state index contributed by atoms with van der Waals surface area (Å²) in [5.41, 5.74) is 2.77. The summed E-state index contributed by atoms with van der Waals surface area (Å²) in [6.07, 6.45) is 0. The zero-order valence-corrected chi connectivity index (χ0v) is 14.1. The molecule has 0 N–H and O–H groups in total. The summed E-state index contributed by atoms with van der Waals surface area (Å²) in [7, 11) is 3.55. The molecule has 0 saturated carbocycles. The van der Waals surface area contributed by atoms with Gasteiger partial charge in [0.1, 0.15) is 0 Å². The molecule has 0 amide bonds. The van der Waals surface area contributed by atoms with Crippen LogP contribution in [-0.4, -0.2) is 9.13 Å². The lowest BCUT2D eigenvalue weighted by molar-refractivity contribution is 0.795. The van der Waals surface area contributed by atoms with Gasteiger partial charge in [0.2, 0.25) is 0 Å². The van der Waals surface area contributed by atoms with Crippen molar-refractivity contribution in [1.82, 2.24) is 9.13 Å². The molecule has 3 nitrogen and oxygen atoms in total. The Morgan fingerprint density at radius 3 is 2.55 bits per heavy atom. The summed E-state index contributed by atoms with van der Waals surface area (Å²) in [4.78, 5) is 13.0. The molecule has 0 fully saturated rings. The average molecular weight is 372 g/mol. The molecule has 104 valence electrons. The molecule has 2 heterocycles. The van der Waals surface area contributed by atoms with Crippen molar-refractivity contribution in [2.24, 2.45) is 14.1 Å². The second-order valence-electron chi connectivity index (χ2n) is 4.64. The maximum Gasteiger partial charge on any atom is 0.328 e. The van der Waals surface area contributed by atoms with Gasteiger partial charge in [-0.3, -0.25) is 9.13 Å². The largest absolute Gasteiger partial charge is 0.328 e. The number of benzene rings is 1. The molecule has 0 spiro atoms. The maximum absolute atomic E-state index is 11.9. The zero-order valence-electron chi connectivity index (χ0n) is 10.9. The topological polar surface area (TPSA) is 26.9 Å². The fourth-order valence-corrected chi connectivity index (χ4v) is 4.46. The SMILES string of the molecule is Cn1c(=O)n(C)c2cc(C(Cl)c3sccc3Br)ccc21. The number of imidazole rings is 1. The first-order valence-corrected chi connectivity index (χ1v) is 8.14. The van der Waals surface area contributed by atoms with Crippen molar-refractivity contribution >= 4 is 49.9 Å². The Hall–Kier alpha value is -1.04. The fraction of sp³-hybridized carbons (Fsp3) is 0.214. The van der Waals surface area contributed by atoms with E-state index >= 15 is 0 Å². The summed E-state index contributed by atoms with van der Waals surface area (Å²) >= 11 is 11.7. The van der Waals surface area contributed by atoms with Gasteiger partial charge in [0, 0.05) is 23.4 Å². The molecule has 0 aliphatic rings. The fourth-order valence-electron chi connectivity index (χ4n) is 2.32. The number of rotatable bonds is 2. The van der Waals surface area contributed by atoms with Gasteiger partial charge in [0.05, 0.1) is 16.4 Å². The van der Waals surface area contributed by atoms with E-state index in [1.165, 1.54) is 0 Å². The van der Waals surface area contributed by atoms with Crippen molar-refractivity contribution in [1.29, 1.82) is 0 Å². The van der Waals surface area contributed by atoms with Crippen molar-refractivity contribution in [3.05, 3.63) is 55.0 Å². The molecule has 1 atom stereocenters. The summed E-state index contributed by atoms with van der Waals surface area (Å²) in [5, 5.41) is 1.79. The number of hydrogen-bond donors (Lipinski definition) is 0. The van der Waals surface area contributed by atoms with Crippen molar-refractivity contribution in [2.75, 3.05) is 0 Å². The average Bonchev–Trinajstić information content (AvgIpc) is 2.97. The minimum Gasteiger partial charge on any atom is -0.295 e. The molecular formula is C14H12BrClN2OS. The van der Waals surface area contributed by atoms with Crippen molar-refractivity contribution in [3.63, 3.8) is 0 Å². The number of hydrogen-bond acceptors (Lipinski definition) is 2. The van der Waals surface area contributed by atoms with Gasteiger partial charge < -0.3 is 0 Å². The Bertz CT molecular complexity index is 849. The van der Waals surface area contributed by atoms with Crippen LogP contribution >= 0.6 is 38.9 Å². The summed E-state index contributed by atoms with van der Waals surface area (Å²) in [6, 6.07) is 7.90. The summed E-state index contributed by atoms with van der Waals surface area (Å²) < 4.78 is 4.31. The van der Waals surface area contributed by atoms with Gasteiger partial charge in [-0.05, 0) is 45.1 Å². The van der Waals surface area contributed by atoms with Crippen LogP contribution in [0, 0.1) is 0 Å². The predicted octanol–water partition coefficient (Wildman–Crippen LogP) is 4.03. The highest BCUT2D eigenvalue weighted by Crippen LogP contribution is 2.38. The van der Waals surface area contributed by atoms with Gasteiger partial charge in [-0.25, -0.2) is 4.79 Å². The number of aryl methyl sites for hydroxylation is 2. The van der Waals surface area contributed by atoms with Gasteiger partial charge >= 0.3 is 5.69 Å².